The second-order valence-electron chi connectivity index (χ2n) is 3.90. The van der Waals surface area contributed by atoms with Gasteiger partial charge in [-0.3, -0.25) is 15.5 Å². The molecule has 0 aromatic heterocycles. The molecule has 0 amide bonds. The summed E-state index contributed by atoms with van der Waals surface area (Å²) in [5.41, 5.74) is 9.12. The number of carboxylic acid groups (broad SMARTS) is 1. The molecule has 2 atom stereocenters. The molecule has 1 aromatic rings. The number of hydroxylamine groups is 1. The van der Waals surface area contributed by atoms with Crippen molar-refractivity contribution in [1.82, 2.24) is 5.48 Å². The van der Waals surface area contributed by atoms with E-state index < -0.39 is 12.0 Å². The van der Waals surface area contributed by atoms with Crippen molar-refractivity contribution in [2.45, 2.75) is 18.4 Å². The van der Waals surface area contributed by atoms with E-state index in [1.54, 1.807) is 6.07 Å². The first-order valence-corrected chi connectivity index (χ1v) is 5.19. The van der Waals surface area contributed by atoms with Crippen LogP contribution in [0.1, 0.15) is 17.9 Å². The number of amidine groups is 1. The van der Waals surface area contributed by atoms with Gasteiger partial charge in [0, 0.05) is 5.92 Å². The molecule has 0 bridgehead atoms. The van der Waals surface area contributed by atoms with Crippen LogP contribution in [-0.2, 0) is 4.79 Å². The predicted molar refractivity (Wildman–Crippen MR) is 61.4 cm³/mol. The van der Waals surface area contributed by atoms with Gasteiger partial charge in [-0.05, 0) is 18.1 Å². The third kappa shape index (κ3) is 2.13. The summed E-state index contributed by atoms with van der Waals surface area (Å²) < 4.78 is 0. The smallest absolute Gasteiger partial charge is 0.320 e. The number of para-hydroxylation sites is 1. The first-order chi connectivity index (χ1) is 8.13. The normalized spacial score (nSPS) is 19.4. The number of nitrogens with zero attached hydrogens (tertiary/aromatic N) is 1. The fraction of sp³-hybridized carbons (Fsp3) is 0.273. The lowest BCUT2D eigenvalue weighted by Gasteiger charge is -2.15. The minimum absolute atomic E-state index is 0.193. The number of aliphatic carboxylic acids is 1. The summed E-state index contributed by atoms with van der Waals surface area (Å²) in [5.74, 6) is -1.03. The largest absolute Gasteiger partial charge is 0.480 e. The summed E-state index contributed by atoms with van der Waals surface area (Å²) in [5, 5.41) is 17.8. The van der Waals surface area contributed by atoms with E-state index in [2.05, 4.69) is 4.99 Å². The Morgan fingerprint density at radius 1 is 1.53 bits per heavy atom. The molecule has 0 saturated heterocycles. The topological polar surface area (TPSA) is 108 Å². The number of hydrogen-bond acceptors (Lipinski definition) is 5. The van der Waals surface area contributed by atoms with E-state index in [0.29, 0.717) is 5.84 Å². The zero-order valence-corrected chi connectivity index (χ0v) is 9.00. The van der Waals surface area contributed by atoms with E-state index in [4.69, 9.17) is 16.0 Å². The van der Waals surface area contributed by atoms with Crippen molar-refractivity contribution < 1.29 is 15.1 Å². The molecule has 1 aliphatic rings. The number of carboxylic acids is 1. The van der Waals surface area contributed by atoms with Gasteiger partial charge in [0.2, 0.25) is 0 Å². The monoisotopic (exact) mass is 235 g/mol. The highest BCUT2D eigenvalue weighted by Crippen LogP contribution is 2.36. The Bertz CT molecular complexity index is 473. The van der Waals surface area contributed by atoms with Crippen molar-refractivity contribution in [3.05, 3.63) is 29.8 Å². The fourth-order valence-electron chi connectivity index (χ4n) is 1.94. The molecule has 6 nitrogen and oxygen atoms in total. The number of fused-ring (bicyclic) bond motifs is 1. The number of rotatable bonds is 3. The van der Waals surface area contributed by atoms with E-state index >= 15 is 0 Å². The van der Waals surface area contributed by atoms with Crippen LogP contribution in [0.5, 0.6) is 0 Å². The number of nitrogens with two attached hydrogens (primary N) is 1. The van der Waals surface area contributed by atoms with Gasteiger partial charge >= 0.3 is 5.97 Å². The Hall–Kier alpha value is -1.92. The average Bonchev–Trinajstić information content (AvgIpc) is 2.67. The second-order valence-corrected chi connectivity index (χ2v) is 3.90. The minimum atomic E-state index is -1.06. The summed E-state index contributed by atoms with van der Waals surface area (Å²) >= 11 is 0. The lowest BCUT2D eigenvalue weighted by Crippen LogP contribution is -2.35. The van der Waals surface area contributed by atoms with Gasteiger partial charge in [0.25, 0.3) is 0 Å². The standard InChI is InChI=1S/C11H13N3O3/c12-8(11(15)16)5-7-6-3-1-2-4-9(6)13-10(7)14-17/h1-4,7-8,17H,5,12H2,(H,13,14)(H,15,16). The number of carbonyl (C=O) groups is 1. The highest BCUT2D eigenvalue weighted by atomic mass is 16.5. The van der Waals surface area contributed by atoms with E-state index in [0.717, 1.165) is 11.3 Å². The van der Waals surface area contributed by atoms with Crippen LogP contribution in [0.4, 0.5) is 5.69 Å². The van der Waals surface area contributed by atoms with Crippen LogP contribution >= 0.6 is 0 Å². The summed E-state index contributed by atoms with van der Waals surface area (Å²) in [7, 11) is 0. The van der Waals surface area contributed by atoms with Crippen molar-refractivity contribution in [3.63, 3.8) is 0 Å². The summed E-state index contributed by atoms with van der Waals surface area (Å²) in [6.07, 6.45) is 0.193. The van der Waals surface area contributed by atoms with Gasteiger partial charge in [-0.15, -0.1) is 0 Å². The molecule has 0 saturated carbocycles. The molecule has 90 valence electrons. The lowest BCUT2D eigenvalue weighted by atomic mass is 9.92. The van der Waals surface area contributed by atoms with Crippen molar-refractivity contribution in [2.24, 2.45) is 10.7 Å². The quantitative estimate of drug-likeness (QED) is 0.573. The number of benzene rings is 1. The van der Waals surface area contributed by atoms with Crippen LogP contribution in [0.25, 0.3) is 0 Å². The molecule has 0 radical (unpaired) electrons. The Labute approximate surface area is 97.7 Å². The molecule has 17 heavy (non-hydrogen) atoms. The maximum atomic E-state index is 10.7. The Morgan fingerprint density at radius 2 is 2.24 bits per heavy atom. The zero-order valence-electron chi connectivity index (χ0n) is 9.00. The Kier molecular flexibility index (Phi) is 3.08. The van der Waals surface area contributed by atoms with Crippen LogP contribution in [0.3, 0.4) is 0 Å². The molecule has 6 heteroatoms. The molecule has 0 aliphatic carbocycles. The Balaban J connectivity index is 2.27. The van der Waals surface area contributed by atoms with Gasteiger partial charge in [0.05, 0.1) is 5.69 Å². The third-order valence-corrected chi connectivity index (χ3v) is 2.80. The minimum Gasteiger partial charge on any atom is -0.480 e. The van der Waals surface area contributed by atoms with Crippen molar-refractivity contribution in [2.75, 3.05) is 0 Å². The van der Waals surface area contributed by atoms with E-state index in [9.17, 15) is 4.79 Å². The van der Waals surface area contributed by atoms with Crippen LogP contribution in [0.2, 0.25) is 0 Å². The first kappa shape index (κ1) is 11.6. The molecule has 0 fully saturated rings. The van der Waals surface area contributed by atoms with Gasteiger partial charge in [0.1, 0.15) is 11.9 Å². The molecular formula is C11H13N3O3. The van der Waals surface area contributed by atoms with Crippen LogP contribution in [0, 0.1) is 0 Å². The molecule has 2 rings (SSSR count). The predicted octanol–water partition coefficient (Wildman–Crippen LogP) is 0.595. The molecule has 1 aliphatic heterocycles. The van der Waals surface area contributed by atoms with Crippen molar-refractivity contribution >= 4 is 17.5 Å². The number of aliphatic imine (C=N–C) groups is 1. The SMILES string of the molecule is NC(CC1C(NO)=Nc2ccccc21)C(=O)O. The van der Waals surface area contributed by atoms with Crippen LogP contribution < -0.4 is 11.2 Å². The van der Waals surface area contributed by atoms with Gasteiger partial charge in [-0.1, -0.05) is 18.2 Å². The van der Waals surface area contributed by atoms with E-state index in [1.807, 2.05) is 23.7 Å². The third-order valence-electron chi connectivity index (χ3n) is 2.80. The van der Waals surface area contributed by atoms with Crippen LogP contribution in [0.15, 0.2) is 29.3 Å². The van der Waals surface area contributed by atoms with Gasteiger partial charge in [-0.2, -0.15) is 0 Å². The first-order valence-electron chi connectivity index (χ1n) is 5.19. The van der Waals surface area contributed by atoms with Gasteiger partial charge in [0.15, 0.2) is 0 Å². The molecule has 0 spiro atoms. The molecule has 1 aromatic carbocycles. The molecule has 5 N–H and O–H groups in total. The zero-order chi connectivity index (χ0) is 12.4. The van der Waals surface area contributed by atoms with Crippen LogP contribution in [-0.4, -0.2) is 28.2 Å². The fourth-order valence-corrected chi connectivity index (χ4v) is 1.94. The lowest BCUT2D eigenvalue weighted by molar-refractivity contribution is -0.138. The summed E-state index contributed by atoms with van der Waals surface area (Å²) in [6.45, 7) is 0. The summed E-state index contributed by atoms with van der Waals surface area (Å²) in [6, 6.07) is 6.34. The number of hydrogen-bond donors (Lipinski definition) is 4. The highest BCUT2D eigenvalue weighted by Gasteiger charge is 2.30. The average molecular weight is 235 g/mol. The molecule has 2 unspecified atom stereocenters. The Morgan fingerprint density at radius 3 is 2.88 bits per heavy atom. The van der Waals surface area contributed by atoms with Gasteiger partial charge in [-0.25, -0.2) is 4.99 Å². The summed E-state index contributed by atoms with van der Waals surface area (Å²) in [4.78, 5) is 14.9. The van der Waals surface area contributed by atoms with E-state index in [1.165, 1.54) is 0 Å². The van der Waals surface area contributed by atoms with Crippen molar-refractivity contribution in [3.8, 4) is 0 Å². The molecule has 1 heterocycles. The molecular weight excluding hydrogens is 222 g/mol. The maximum absolute atomic E-state index is 10.7. The van der Waals surface area contributed by atoms with Gasteiger partial charge < -0.3 is 10.8 Å². The maximum Gasteiger partial charge on any atom is 0.320 e. The highest BCUT2D eigenvalue weighted by molar-refractivity contribution is 5.96. The number of nitrogens with one attached hydrogen (secondary N) is 1. The second kappa shape index (κ2) is 4.52. The van der Waals surface area contributed by atoms with E-state index in [-0.39, 0.29) is 12.3 Å². The van der Waals surface area contributed by atoms with Crippen molar-refractivity contribution in [1.29, 1.82) is 0 Å².